The van der Waals surface area contributed by atoms with Gasteiger partial charge in [-0.05, 0) is 28.4 Å². The van der Waals surface area contributed by atoms with E-state index in [1.165, 1.54) is 4.88 Å². The minimum atomic E-state index is 0.171. The van der Waals surface area contributed by atoms with Gasteiger partial charge in [-0.2, -0.15) is 0 Å². The summed E-state index contributed by atoms with van der Waals surface area (Å²) in [6.45, 7) is 7.25. The van der Waals surface area contributed by atoms with Gasteiger partial charge in [-0.15, -0.1) is 11.3 Å². The van der Waals surface area contributed by atoms with Gasteiger partial charge in [0.2, 0.25) is 0 Å². The molecule has 114 valence electrons. The lowest BCUT2D eigenvalue weighted by atomic mass is 10.0. The molecule has 2 rings (SSSR count). The van der Waals surface area contributed by atoms with Crippen LogP contribution in [0.4, 0.5) is 0 Å². The molecular formula is C14H24BrN3OS. The summed E-state index contributed by atoms with van der Waals surface area (Å²) in [5.74, 6) is 0. The molecule has 0 spiro atoms. The third-order valence-electron chi connectivity index (χ3n) is 3.97. The van der Waals surface area contributed by atoms with Crippen molar-refractivity contribution in [3.05, 3.63) is 20.8 Å². The largest absolute Gasteiger partial charge is 0.395 e. The topological polar surface area (TPSA) is 52.7 Å². The highest BCUT2D eigenvalue weighted by Crippen LogP contribution is 2.32. The van der Waals surface area contributed by atoms with E-state index in [1.807, 2.05) is 0 Å². The highest BCUT2D eigenvalue weighted by molar-refractivity contribution is 9.10. The van der Waals surface area contributed by atoms with Gasteiger partial charge in [0.15, 0.2) is 0 Å². The summed E-state index contributed by atoms with van der Waals surface area (Å²) in [6, 6.07) is 2.68. The van der Waals surface area contributed by atoms with Crippen molar-refractivity contribution in [2.75, 3.05) is 39.3 Å². The Hall–Kier alpha value is 0.0200. The molecule has 1 aliphatic rings. The Bertz CT molecular complexity index is 407. The zero-order chi connectivity index (χ0) is 14.5. The number of aliphatic hydroxyl groups is 1. The Morgan fingerprint density at radius 1 is 1.40 bits per heavy atom. The molecule has 0 aromatic carbocycles. The standard InChI is InChI=1S/C14H24BrN3OS/c1-2-12(16)14(13-9-11(15)10-20-13)18-5-3-17(4-6-18)7-8-19/h9-10,12,14,19H,2-8,16H2,1H3. The van der Waals surface area contributed by atoms with E-state index in [9.17, 15) is 0 Å². The lowest BCUT2D eigenvalue weighted by molar-refractivity contribution is 0.0746. The molecule has 2 atom stereocenters. The second-order valence-electron chi connectivity index (χ2n) is 5.29. The lowest BCUT2D eigenvalue weighted by Gasteiger charge is -2.40. The molecule has 0 bridgehead atoms. The number of hydrogen-bond acceptors (Lipinski definition) is 5. The fourth-order valence-electron chi connectivity index (χ4n) is 2.77. The second kappa shape index (κ2) is 7.87. The molecule has 2 heterocycles. The average molecular weight is 362 g/mol. The number of piperazine rings is 1. The van der Waals surface area contributed by atoms with Gasteiger partial charge in [-0.25, -0.2) is 0 Å². The van der Waals surface area contributed by atoms with Crippen molar-refractivity contribution >= 4 is 27.3 Å². The van der Waals surface area contributed by atoms with Crippen LogP contribution in [0.3, 0.4) is 0 Å². The van der Waals surface area contributed by atoms with Crippen molar-refractivity contribution in [3.8, 4) is 0 Å². The van der Waals surface area contributed by atoms with Crippen LogP contribution < -0.4 is 5.73 Å². The molecule has 6 heteroatoms. The molecule has 1 aromatic heterocycles. The Balaban J connectivity index is 2.05. The van der Waals surface area contributed by atoms with E-state index in [1.54, 1.807) is 11.3 Å². The summed E-state index contributed by atoms with van der Waals surface area (Å²) in [5.41, 5.74) is 6.38. The first kappa shape index (κ1) is 16.4. The first-order valence-corrected chi connectivity index (χ1v) is 8.89. The van der Waals surface area contributed by atoms with E-state index in [0.29, 0.717) is 6.04 Å². The lowest BCUT2D eigenvalue weighted by Crippen LogP contribution is -2.51. The van der Waals surface area contributed by atoms with Crippen LogP contribution in [0.25, 0.3) is 0 Å². The number of hydrogen-bond donors (Lipinski definition) is 2. The fraction of sp³-hybridized carbons (Fsp3) is 0.714. The third-order valence-corrected chi connectivity index (χ3v) is 5.74. The summed E-state index contributed by atoms with van der Waals surface area (Å²) in [4.78, 5) is 6.16. The molecule has 1 fully saturated rings. The molecule has 20 heavy (non-hydrogen) atoms. The maximum atomic E-state index is 9.02. The van der Waals surface area contributed by atoms with E-state index in [0.717, 1.165) is 43.6 Å². The minimum absolute atomic E-state index is 0.171. The van der Waals surface area contributed by atoms with Crippen LogP contribution in [0.5, 0.6) is 0 Å². The smallest absolute Gasteiger partial charge is 0.0594 e. The van der Waals surface area contributed by atoms with Crippen molar-refractivity contribution in [3.63, 3.8) is 0 Å². The average Bonchev–Trinajstić information content (AvgIpc) is 2.87. The van der Waals surface area contributed by atoms with Crippen molar-refractivity contribution in [2.24, 2.45) is 5.73 Å². The Labute approximate surface area is 133 Å². The summed E-state index contributed by atoms with van der Waals surface area (Å²) in [7, 11) is 0. The maximum absolute atomic E-state index is 9.02. The summed E-state index contributed by atoms with van der Waals surface area (Å²) < 4.78 is 1.14. The molecule has 0 amide bonds. The van der Waals surface area contributed by atoms with Crippen molar-refractivity contribution in [2.45, 2.75) is 25.4 Å². The molecule has 3 N–H and O–H groups in total. The van der Waals surface area contributed by atoms with Crippen LogP contribution in [0.1, 0.15) is 24.3 Å². The molecule has 1 saturated heterocycles. The van der Waals surface area contributed by atoms with Gasteiger partial charge in [-0.3, -0.25) is 9.80 Å². The molecule has 0 radical (unpaired) electrons. The van der Waals surface area contributed by atoms with E-state index in [2.05, 4.69) is 44.1 Å². The predicted octanol–water partition coefficient (Wildman–Crippen LogP) is 1.90. The number of rotatable bonds is 6. The number of aliphatic hydroxyl groups excluding tert-OH is 1. The number of thiophene rings is 1. The van der Waals surface area contributed by atoms with Crippen molar-refractivity contribution in [1.82, 2.24) is 9.80 Å². The quantitative estimate of drug-likeness (QED) is 0.812. The van der Waals surface area contributed by atoms with Crippen LogP contribution in [-0.4, -0.2) is 60.3 Å². The number of halogens is 1. The van der Waals surface area contributed by atoms with E-state index in [4.69, 9.17) is 10.8 Å². The van der Waals surface area contributed by atoms with Gasteiger partial charge in [0.05, 0.1) is 12.6 Å². The van der Waals surface area contributed by atoms with E-state index < -0.39 is 0 Å². The number of β-amino-alcohol motifs (C(OH)–C–C–N with tert-alkyl or cyclic N) is 1. The van der Waals surface area contributed by atoms with Gasteiger partial charge in [0, 0.05) is 53.5 Å². The summed E-state index contributed by atoms with van der Waals surface area (Å²) in [5, 5.41) is 11.2. The van der Waals surface area contributed by atoms with Gasteiger partial charge in [0.1, 0.15) is 0 Å². The predicted molar refractivity (Wildman–Crippen MR) is 88.1 cm³/mol. The Morgan fingerprint density at radius 3 is 2.60 bits per heavy atom. The van der Waals surface area contributed by atoms with Crippen LogP contribution in [-0.2, 0) is 0 Å². The minimum Gasteiger partial charge on any atom is -0.395 e. The van der Waals surface area contributed by atoms with Crippen LogP contribution in [0.15, 0.2) is 15.9 Å². The Kier molecular flexibility index (Phi) is 6.45. The molecule has 0 saturated carbocycles. The monoisotopic (exact) mass is 361 g/mol. The maximum Gasteiger partial charge on any atom is 0.0594 e. The highest BCUT2D eigenvalue weighted by Gasteiger charge is 2.29. The molecule has 2 unspecified atom stereocenters. The zero-order valence-corrected chi connectivity index (χ0v) is 14.4. The number of nitrogens with two attached hydrogens (primary N) is 1. The molecular weight excluding hydrogens is 338 g/mol. The SMILES string of the molecule is CCC(N)C(c1cc(Br)cs1)N1CCN(CCO)CC1. The number of nitrogens with zero attached hydrogens (tertiary/aromatic N) is 2. The van der Waals surface area contributed by atoms with E-state index >= 15 is 0 Å². The van der Waals surface area contributed by atoms with Gasteiger partial charge in [0.25, 0.3) is 0 Å². The van der Waals surface area contributed by atoms with Crippen LogP contribution >= 0.6 is 27.3 Å². The first-order valence-electron chi connectivity index (χ1n) is 7.22. The van der Waals surface area contributed by atoms with E-state index in [-0.39, 0.29) is 12.6 Å². The first-order chi connectivity index (χ1) is 9.65. The summed E-state index contributed by atoms with van der Waals surface area (Å²) >= 11 is 5.32. The molecule has 1 aliphatic heterocycles. The third kappa shape index (κ3) is 4.02. The molecule has 4 nitrogen and oxygen atoms in total. The van der Waals surface area contributed by atoms with Crippen molar-refractivity contribution in [1.29, 1.82) is 0 Å². The van der Waals surface area contributed by atoms with Gasteiger partial charge in [-0.1, -0.05) is 6.92 Å². The van der Waals surface area contributed by atoms with Crippen LogP contribution in [0.2, 0.25) is 0 Å². The zero-order valence-electron chi connectivity index (χ0n) is 12.0. The highest BCUT2D eigenvalue weighted by atomic mass is 79.9. The molecule has 0 aliphatic carbocycles. The van der Waals surface area contributed by atoms with Crippen molar-refractivity contribution < 1.29 is 5.11 Å². The van der Waals surface area contributed by atoms with Gasteiger partial charge < -0.3 is 10.8 Å². The normalized spacial score (nSPS) is 21.0. The van der Waals surface area contributed by atoms with Crippen LogP contribution in [0, 0.1) is 0 Å². The Morgan fingerprint density at radius 2 is 2.10 bits per heavy atom. The second-order valence-corrected chi connectivity index (χ2v) is 7.14. The van der Waals surface area contributed by atoms with Gasteiger partial charge >= 0.3 is 0 Å². The summed E-state index contributed by atoms with van der Waals surface area (Å²) in [6.07, 6.45) is 0.983. The molecule has 1 aromatic rings. The fourth-order valence-corrected chi connectivity index (χ4v) is 4.43.